The number of ether oxygens (including phenoxy) is 2. The summed E-state index contributed by atoms with van der Waals surface area (Å²) in [5, 5.41) is 3.13. The van der Waals surface area contributed by atoms with Gasteiger partial charge >= 0.3 is 6.03 Å². The Kier molecular flexibility index (Phi) is 6.39. The summed E-state index contributed by atoms with van der Waals surface area (Å²) in [5.41, 5.74) is 3.31. The number of aromatic nitrogens is 1. The van der Waals surface area contributed by atoms with Crippen molar-refractivity contribution in [3.63, 3.8) is 0 Å². The molecule has 6 nitrogen and oxygen atoms in total. The van der Waals surface area contributed by atoms with Crippen molar-refractivity contribution in [3.8, 4) is 11.5 Å². The molecule has 150 valence electrons. The highest BCUT2D eigenvalue weighted by molar-refractivity contribution is 5.75. The summed E-state index contributed by atoms with van der Waals surface area (Å²) < 4.78 is 10.8. The Morgan fingerprint density at radius 3 is 2.43 bits per heavy atom. The van der Waals surface area contributed by atoms with Crippen molar-refractivity contribution in [1.29, 1.82) is 0 Å². The van der Waals surface area contributed by atoms with Crippen LogP contribution in [0.1, 0.15) is 48.4 Å². The fourth-order valence-electron chi connectivity index (χ4n) is 3.97. The minimum Gasteiger partial charge on any atom is -0.493 e. The van der Waals surface area contributed by atoms with Crippen molar-refractivity contribution in [2.24, 2.45) is 0 Å². The van der Waals surface area contributed by atoms with Crippen LogP contribution in [0.25, 0.3) is 0 Å². The molecule has 3 rings (SSSR count). The molecule has 0 saturated carbocycles. The molecule has 28 heavy (non-hydrogen) atoms. The van der Waals surface area contributed by atoms with Crippen molar-refractivity contribution in [1.82, 2.24) is 15.2 Å². The highest BCUT2D eigenvalue weighted by Gasteiger charge is 2.25. The predicted molar refractivity (Wildman–Crippen MR) is 109 cm³/mol. The fourth-order valence-corrected chi connectivity index (χ4v) is 3.97. The number of nitrogens with zero attached hydrogens (tertiary/aromatic N) is 2. The summed E-state index contributed by atoms with van der Waals surface area (Å²) in [7, 11) is 3.25. The third-order valence-electron chi connectivity index (χ3n) is 5.60. The molecule has 1 aliphatic heterocycles. The number of piperidine rings is 1. The zero-order chi connectivity index (χ0) is 20.1. The van der Waals surface area contributed by atoms with Crippen LogP contribution in [0.3, 0.4) is 0 Å². The predicted octanol–water partition coefficient (Wildman–Crippen LogP) is 4.06. The van der Waals surface area contributed by atoms with Gasteiger partial charge in [0.05, 0.1) is 20.3 Å². The SMILES string of the molecule is COc1ccc(C(C)NC(=O)N2CCC(c3ccncc3)CC2)c(C)c1OC. The number of nitrogens with one attached hydrogen (secondary N) is 1. The molecule has 6 heteroatoms. The topological polar surface area (TPSA) is 63.7 Å². The van der Waals surface area contributed by atoms with Crippen LogP contribution < -0.4 is 14.8 Å². The molecule has 0 radical (unpaired) electrons. The molecule has 0 spiro atoms. The Balaban J connectivity index is 1.61. The summed E-state index contributed by atoms with van der Waals surface area (Å²) in [6.45, 7) is 5.50. The molecule has 1 fully saturated rings. The molecule has 1 N–H and O–H groups in total. The second kappa shape index (κ2) is 8.95. The Labute approximate surface area is 166 Å². The maximum Gasteiger partial charge on any atom is 0.317 e. The van der Waals surface area contributed by atoms with Gasteiger partial charge in [-0.15, -0.1) is 0 Å². The molecule has 2 amide bonds. The van der Waals surface area contributed by atoms with Gasteiger partial charge in [-0.2, -0.15) is 0 Å². The van der Waals surface area contributed by atoms with Gasteiger partial charge in [-0.3, -0.25) is 4.98 Å². The normalized spacial score (nSPS) is 15.8. The second-order valence-electron chi connectivity index (χ2n) is 7.23. The van der Waals surface area contributed by atoms with Crippen LogP contribution in [-0.2, 0) is 0 Å². The molecular formula is C22H29N3O3. The van der Waals surface area contributed by atoms with E-state index in [1.807, 2.05) is 43.3 Å². The second-order valence-corrected chi connectivity index (χ2v) is 7.23. The Hall–Kier alpha value is -2.76. The van der Waals surface area contributed by atoms with E-state index in [0.717, 1.165) is 37.1 Å². The molecule has 0 aliphatic carbocycles. The maximum absolute atomic E-state index is 12.8. The van der Waals surface area contributed by atoms with Gasteiger partial charge in [-0.1, -0.05) is 6.07 Å². The molecule has 0 bridgehead atoms. The van der Waals surface area contributed by atoms with E-state index >= 15 is 0 Å². The van der Waals surface area contributed by atoms with Gasteiger partial charge in [-0.05, 0) is 61.9 Å². The molecule has 1 atom stereocenters. The third-order valence-corrected chi connectivity index (χ3v) is 5.60. The first-order valence-corrected chi connectivity index (χ1v) is 9.72. The zero-order valence-electron chi connectivity index (χ0n) is 17.1. The molecule has 2 heterocycles. The molecule has 1 unspecified atom stereocenters. The summed E-state index contributed by atoms with van der Waals surface area (Å²) >= 11 is 0. The standard InChI is InChI=1S/C22H29N3O3/c1-15-19(5-6-20(27-3)21(15)28-4)16(2)24-22(26)25-13-9-18(10-14-25)17-7-11-23-12-8-17/h5-8,11-12,16,18H,9-10,13-14H2,1-4H3,(H,24,26). The Morgan fingerprint density at radius 1 is 1.14 bits per heavy atom. The van der Waals surface area contributed by atoms with Gasteiger partial charge in [0.25, 0.3) is 0 Å². The van der Waals surface area contributed by atoms with E-state index in [0.29, 0.717) is 17.4 Å². The van der Waals surface area contributed by atoms with Crippen molar-refractivity contribution in [3.05, 3.63) is 53.3 Å². The summed E-state index contributed by atoms with van der Waals surface area (Å²) in [4.78, 5) is 18.8. The summed E-state index contributed by atoms with van der Waals surface area (Å²) in [5.74, 6) is 1.90. The number of carbonyl (C=O) groups excluding carboxylic acids is 1. The first-order valence-electron chi connectivity index (χ1n) is 9.72. The van der Waals surface area contributed by atoms with Crippen molar-refractivity contribution < 1.29 is 14.3 Å². The average molecular weight is 383 g/mol. The average Bonchev–Trinajstić information content (AvgIpc) is 2.74. The molecule has 1 aliphatic rings. The van der Waals surface area contributed by atoms with Gasteiger partial charge in [0.2, 0.25) is 0 Å². The number of hydrogen-bond acceptors (Lipinski definition) is 4. The van der Waals surface area contributed by atoms with E-state index < -0.39 is 0 Å². The maximum atomic E-state index is 12.8. The monoisotopic (exact) mass is 383 g/mol. The van der Waals surface area contributed by atoms with Crippen molar-refractivity contribution in [2.75, 3.05) is 27.3 Å². The minimum absolute atomic E-state index is 0.0186. The van der Waals surface area contributed by atoms with Gasteiger partial charge in [0.15, 0.2) is 11.5 Å². The highest BCUT2D eigenvalue weighted by atomic mass is 16.5. The number of hydrogen-bond donors (Lipinski definition) is 1. The third kappa shape index (κ3) is 4.21. The lowest BCUT2D eigenvalue weighted by atomic mass is 9.90. The fraction of sp³-hybridized carbons (Fsp3) is 0.455. The van der Waals surface area contributed by atoms with Crippen LogP contribution in [0.5, 0.6) is 11.5 Å². The lowest BCUT2D eigenvalue weighted by Crippen LogP contribution is -2.44. The highest BCUT2D eigenvalue weighted by Crippen LogP contribution is 2.35. The van der Waals surface area contributed by atoms with Gasteiger partial charge < -0.3 is 19.7 Å². The zero-order valence-corrected chi connectivity index (χ0v) is 17.1. The number of urea groups is 1. The van der Waals surface area contributed by atoms with E-state index in [-0.39, 0.29) is 12.1 Å². The van der Waals surface area contributed by atoms with E-state index in [2.05, 4.69) is 22.4 Å². The van der Waals surface area contributed by atoms with Crippen LogP contribution in [0.2, 0.25) is 0 Å². The van der Waals surface area contributed by atoms with Gasteiger partial charge in [0.1, 0.15) is 0 Å². The summed E-state index contributed by atoms with van der Waals surface area (Å²) in [6, 6.07) is 7.87. The number of methoxy groups -OCH3 is 2. The van der Waals surface area contributed by atoms with E-state index in [4.69, 9.17) is 9.47 Å². The van der Waals surface area contributed by atoms with Gasteiger partial charge in [-0.25, -0.2) is 4.79 Å². The lowest BCUT2D eigenvalue weighted by molar-refractivity contribution is 0.178. The Bertz CT molecular complexity index is 802. The van der Waals surface area contributed by atoms with Gasteiger partial charge in [0, 0.05) is 31.0 Å². The molecule has 1 aromatic carbocycles. The number of carbonyl (C=O) groups is 1. The van der Waals surface area contributed by atoms with E-state index in [1.165, 1.54) is 5.56 Å². The largest absolute Gasteiger partial charge is 0.493 e. The first-order chi connectivity index (χ1) is 13.5. The minimum atomic E-state index is -0.120. The molecule has 1 aromatic heterocycles. The number of amides is 2. The molecular weight excluding hydrogens is 354 g/mol. The van der Waals surface area contributed by atoms with Crippen molar-refractivity contribution in [2.45, 2.75) is 38.6 Å². The molecule has 1 saturated heterocycles. The number of rotatable bonds is 5. The summed E-state index contributed by atoms with van der Waals surface area (Å²) in [6.07, 6.45) is 5.62. The number of benzene rings is 1. The van der Waals surface area contributed by atoms with E-state index in [9.17, 15) is 4.79 Å². The number of pyridine rings is 1. The van der Waals surface area contributed by atoms with E-state index in [1.54, 1.807) is 14.2 Å². The van der Waals surface area contributed by atoms with Crippen LogP contribution >= 0.6 is 0 Å². The van der Waals surface area contributed by atoms with Crippen LogP contribution in [-0.4, -0.2) is 43.2 Å². The van der Waals surface area contributed by atoms with Crippen molar-refractivity contribution >= 4 is 6.03 Å². The lowest BCUT2D eigenvalue weighted by Gasteiger charge is -2.33. The van der Waals surface area contributed by atoms with Crippen LogP contribution in [0.15, 0.2) is 36.7 Å². The van der Waals surface area contributed by atoms with Crippen LogP contribution in [0, 0.1) is 6.92 Å². The first kappa shape index (κ1) is 20.0. The smallest absolute Gasteiger partial charge is 0.317 e. The number of likely N-dealkylation sites (tertiary alicyclic amines) is 1. The van der Waals surface area contributed by atoms with Crippen LogP contribution in [0.4, 0.5) is 4.79 Å². The quantitative estimate of drug-likeness (QED) is 0.846. The molecule has 2 aromatic rings. The Morgan fingerprint density at radius 2 is 1.82 bits per heavy atom.